The molecule has 23 heavy (non-hydrogen) atoms. The Morgan fingerprint density at radius 2 is 2.09 bits per heavy atom. The van der Waals surface area contributed by atoms with Crippen LogP contribution in [0.3, 0.4) is 0 Å². The molecule has 1 fully saturated rings. The Kier molecular flexibility index (Phi) is 4.68. The van der Waals surface area contributed by atoms with Gasteiger partial charge in [0.05, 0.1) is 12.4 Å². The molecule has 0 saturated carbocycles. The van der Waals surface area contributed by atoms with Crippen molar-refractivity contribution in [2.45, 2.75) is 25.5 Å². The number of carbonyl (C=O) groups excluding carboxylic acids is 1. The third-order valence-electron chi connectivity index (χ3n) is 3.73. The predicted molar refractivity (Wildman–Crippen MR) is 93.3 cm³/mol. The summed E-state index contributed by atoms with van der Waals surface area (Å²) >= 11 is 6.81. The maximum atomic E-state index is 12.6. The number of nitrogens with zero attached hydrogens (tertiary/aromatic N) is 1. The zero-order chi connectivity index (χ0) is 16.6. The molecule has 0 aromatic heterocycles. The molecule has 2 heterocycles. The monoisotopic (exact) mass is 353 g/mol. The maximum Gasteiger partial charge on any atom is 0.241 e. The summed E-state index contributed by atoms with van der Waals surface area (Å²) in [7, 11) is 1.61. The average molecular weight is 353 g/mol. The van der Waals surface area contributed by atoms with E-state index in [1.807, 2.05) is 12.1 Å². The molecule has 0 N–H and O–H groups in total. The number of benzene rings is 1. The minimum absolute atomic E-state index is 0.0772. The van der Waals surface area contributed by atoms with Crippen molar-refractivity contribution in [2.24, 2.45) is 5.92 Å². The molecular formula is C16H19NO4S2. The van der Waals surface area contributed by atoms with E-state index in [0.29, 0.717) is 40.5 Å². The lowest BCUT2D eigenvalue weighted by molar-refractivity contribution is -0.126. The molecule has 0 radical (unpaired) electrons. The Bertz CT molecular complexity index is 647. The molecular weight excluding hydrogens is 334 g/mol. The number of rotatable bonds is 5. The van der Waals surface area contributed by atoms with E-state index in [-0.39, 0.29) is 18.0 Å². The quantitative estimate of drug-likeness (QED) is 0.759. The second kappa shape index (κ2) is 6.57. The van der Waals surface area contributed by atoms with E-state index in [1.165, 1.54) is 11.8 Å². The lowest BCUT2D eigenvalue weighted by atomic mass is 10.1. The van der Waals surface area contributed by atoms with Crippen LogP contribution in [0.5, 0.6) is 17.2 Å². The van der Waals surface area contributed by atoms with Crippen LogP contribution in [-0.4, -0.2) is 40.8 Å². The smallest absolute Gasteiger partial charge is 0.241 e. The van der Waals surface area contributed by atoms with Crippen LogP contribution in [0.25, 0.3) is 0 Å². The first-order valence-electron chi connectivity index (χ1n) is 7.48. The molecule has 0 unspecified atom stereocenters. The highest BCUT2D eigenvalue weighted by Gasteiger charge is 2.37. The van der Waals surface area contributed by atoms with Crippen LogP contribution in [0.1, 0.15) is 19.4 Å². The van der Waals surface area contributed by atoms with Gasteiger partial charge in [-0.05, 0) is 24.0 Å². The molecule has 0 bridgehead atoms. The molecule has 3 rings (SSSR count). The van der Waals surface area contributed by atoms with Gasteiger partial charge in [0, 0.05) is 12.6 Å². The molecule has 1 atom stereocenters. The van der Waals surface area contributed by atoms with Crippen LogP contribution < -0.4 is 14.2 Å². The van der Waals surface area contributed by atoms with Gasteiger partial charge in [-0.15, -0.1) is 0 Å². The van der Waals surface area contributed by atoms with Crippen LogP contribution >= 0.6 is 24.0 Å². The fraction of sp³-hybridized carbons (Fsp3) is 0.500. The van der Waals surface area contributed by atoms with Gasteiger partial charge in [-0.25, -0.2) is 0 Å². The number of hydrogen-bond acceptors (Lipinski definition) is 6. The highest BCUT2D eigenvalue weighted by molar-refractivity contribution is 8.24. The van der Waals surface area contributed by atoms with Crippen molar-refractivity contribution in [2.75, 3.05) is 20.4 Å². The number of thiocarbonyl (C=S) groups is 1. The molecule has 5 nitrogen and oxygen atoms in total. The van der Waals surface area contributed by atoms with Crippen molar-refractivity contribution in [3.05, 3.63) is 17.7 Å². The normalized spacial score (nSPS) is 19.8. The van der Waals surface area contributed by atoms with Gasteiger partial charge < -0.3 is 14.2 Å². The van der Waals surface area contributed by atoms with E-state index in [9.17, 15) is 4.79 Å². The van der Waals surface area contributed by atoms with Crippen LogP contribution in [0, 0.1) is 5.92 Å². The Morgan fingerprint density at radius 1 is 1.39 bits per heavy atom. The molecule has 1 aromatic carbocycles. The first kappa shape index (κ1) is 16.4. The number of methoxy groups -OCH3 is 1. The standard InChI is InChI=1S/C16H19NO4S2/c1-9(2)7-17-15(18)14(23-16(17)22)5-10-4-12-13(21-8-20-12)6-11(10)19-3/h4,6,9,14H,5,7-8H2,1-3H3/t14-/m1/s1. The van der Waals surface area contributed by atoms with Gasteiger partial charge in [-0.2, -0.15) is 0 Å². The largest absolute Gasteiger partial charge is 0.496 e. The fourth-order valence-electron chi connectivity index (χ4n) is 2.67. The van der Waals surface area contributed by atoms with Gasteiger partial charge in [0.1, 0.15) is 10.1 Å². The lowest BCUT2D eigenvalue weighted by Gasteiger charge is -2.18. The maximum absolute atomic E-state index is 12.6. The SMILES string of the molecule is COc1cc2c(cc1C[C@H]1SC(=S)N(CC(C)C)C1=O)OCO2. The molecule has 0 spiro atoms. The van der Waals surface area contributed by atoms with Gasteiger partial charge in [0.2, 0.25) is 12.7 Å². The molecule has 2 aliphatic rings. The summed E-state index contributed by atoms with van der Waals surface area (Å²) in [4.78, 5) is 14.3. The summed E-state index contributed by atoms with van der Waals surface area (Å²) in [6.07, 6.45) is 0.554. The molecule has 2 aliphatic heterocycles. The summed E-state index contributed by atoms with van der Waals surface area (Å²) in [6.45, 7) is 5.04. The summed E-state index contributed by atoms with van der Waals surface area (Å²) in [6, 6.07) is 3.70. The van der Waals surface area contributed by atoms with Crippen molar-refractivity contribution < 1.29 is 19.0 Å². The Morgan fingerprint density at radius 3 is 2.74 bits per heavy atom. The Hall–Kier alpha value is -1.47. The highest BCUT2D eigenvalue weighted by Crippen LogP contribution is 2.40. The van der Waals surface area contributed by atoms with Gasteiger partial charge in [-0.3, -0.25) is 9.69 Å². The first-order valence-corrected chi connectivity index (χ1v) is 8.77. The number of fused-ring (bicyclic) bond motifs is 1. The predicted octanol–water partition coefficient (Wildman–Crippen LogP) is 2.85. The topological polar surface area (TPSA) is 48.0 Å². The lowest BCUT2D eigenvalue weighted by Crippen LogP contribution is -2.34. The fourth-order valence-corrected chi connectivity index (χ4v) is 4.21. The first-order chi connectivity index (χ1) is 11.0. The van der Waals surface area contributed by atoms with Crippen LogP contribution in [0.4, 0.5) is 0 Å². The molecule has 1 saturated heterocycles. The summed E-state index contributed by atoms with van der Waals surface area (Å²) < 4.78 is 16.9. The van der Waals surface area contributed by atoms with Gasteiger partial charge >= 0.3 is 0 Å². The summed E-state index contributed by atoms with van der Waals surface area (Å²) in [5.74, 6) is 2.53. The number of amides is 1. The van der Waals surface area contributed by atoms with Crippen LogP contribution in [0.15, 0.2) is 12.1 Å². The summed E-state index contributed by atoms with van der Waals surface area (Å²) in [5.41, 5.74) is 0.928. The second-order valence-electron chi connectivity index (χ2n) is 5.94. The van der Waals surface area contributed by atoms with Crippen molar-refractivity contribution in [1.82, 2.24) is 4.90 Å². The van der Waals surface area contributed by atoms with Crippen molar-refractivity contribution >= 4 is 34.2 Å². The van der Waals surface area contributed by atoms with E-state index in [4.69, 9.17) is 26.4 Å². The molecule has 1 aromatic rings. The molecule has 1 amide bonds. The number of ether oxygens (including phenoxy) is 3. The van der Waals surface area contributed by atoms with E-state index in [2.05, 4.69) is 13.8 Å². The minimum Gasteiger partial charge on any atom is -0.496 e. The average Bonchev–Trinajstić information content (AvgIpc) is 3.06. The van der Waals surface area contributed by atoms with Gasteiger partial charge in [-0.1, -0.05) is 37.8 Å². The number of hydrogen-bond donors (Lipinski definition) is 0. The third kappa shape index (κ3) is 3.26. The zero-order valence-corrected chi connectivity index (χ0v) is 15.0. The molecule has 124 valence electrons. The second-order valence-corrected chi connectivity index (χ2v) is 7.77. The third-order valence-corrected chi connectivity index (χ3v) is 5.32. The Labute approximate surface area is 145 Å². The number of thioether (sulfide) groups is 1. The van der Waals surface area contributed by atoms with Crippen molar-refractivity contribution in [3.63, 3.8) is 0 Å². The molecule has 7 heteroatoms. The van der Waals surface area contributed by atoms with E-state index in [1.54, 1.807) is 12.0 Å². The van der Waals surface area contributed by atoms with Crippen molar-refractivity contribution in [3.8, 4) is 17.2 Å². The van der Waals surface area contributed by atoms with Gasteiger partial charge in [0.25, 0.3) is 0 Å². The van der Waals surface area contributed by atoms with Crippen molar-refractivity contribution in [1.29, 1.82) is 0 Å². The van der Waals surface area contributed by atoms with Crippen LogP contribution in [0.2, 0.25) is 0 Å². The van der Waals surface area contributed by atoms with Crippen LogP contribution in [-0.2, 0) is 11.2 Å². The summed E-state index contributed by atoms with van der Waals surface area (Å²) in [5, 5.41) is -0.212. The highest BCUT2D eigenvalue weighted by atomic mass is 32.2. The van der Waals surface area contributed by atoms with Gasteiger partial charge in [0.15, 0.2) is 11.5 Å². The Balaban J connectivity index is 1.80. The van der Waals surface area contributed by atoms with E-state index >= 15 is 0 Å². The zero-order valence-electron chi connectivity index (χ0n) is 13.3. The minimum atomic E-state index is -0.212. The molecule has 0 aliphatic carbocycles. The van der Waals surface area contributed by atoms with E-state index in [0.717, 1.165) is 5.56 Å². The van der Waals surface area contributed by atoms with E-state index < -0.39 is 0 Å². The number of carbonyl (C=O) groups is 1.